The first kappa shape index (κ1) is 9.05. The first-order valence-electron chi connectivity index (χ1n) is 4.29. The van der Waals surface area contributed by atoms with Gasteiger partial charge in [-0.3, -0.25) is 4.79 Å². The molecule has 1 aliphatic carbocycles. The summed E-state index contributed by atoms with van der Waals surface area (Å²) in [6.07, 6.45) is 2.77. The van der Waals surface area contributed by atoms with E-state index in [-0.39, 0.29) is 17.8 Å². The second-order valence-electron chi connectivity index (χ2n) is 3.46. The second kappa shape index (κ2) is 3.57. The summed E-state index contributed by atoms with van der Waals surface area (Å²) < 4.78 is 0. The van der Waals surface area contributed by atoms with Gasteiger partial charge in [-0.25, -0.2) is 0 Å². The molecule has 1 rings (SSSR count). The number of carbonyl (C=O) groups is 1. The number of carboxylic acid groups (broad SMARTS) is 1. The van der Waals surface area contributed by atoms with Gasteiger partial charge in [-0.05, 0) is 18.8 Å². The third-order valence-corrected chi connectivity index (χ3v) is 2.77. The summed E-state index contributed by atoms with van der Waals surface area (Å²) in [6, 6.07) is 2.19. The number of rotatable bonds is 2. The Balaban J connectivity index is 2.62. The number of aliphatic carboxylic acids is 1. The topological polar surface area (TPSA) is 61.1 Å². The van der Waals surface area contributed by atoms with E-state index >= 15 is 0 Å². The fourth-order valence-corrected chi connectivity index (χ4v) is 1.93. The van der Waals surface area contributed by atoms with Gasteiger partial charge in [0, 0.05) is 5.92 Å². The van der Waals surface area contributed by atoms with Crippen molar-refractivity contribution < 1.29 is 9.90 Å². The number of hydrogen-bond donors (Lipinski definition) is 1. The van der Waals surface area contributed by atoms with E-state index in [0.29, 0.717) is 0 Å². The zero-order valence-corrected chi connectivity index (χ0v) is 7.16. The second-order valence-corrected chi connectivity index (χ2v) is 3.46. The van der Waals surface area contributed by atoms with Crippen LogP contribution in [-0.4, -0.2) is 11.1 Å². The first-order valence-corrected chi connectivity index (χ1v) is 4.29. The molecule has 12 heavy (non-hydrogen) atoms. The minimum atomic E-state index is -0.776. The van der Waals surface area contributed by atoms with Crippen molar-refractivity contribution in [3.05, 3.63) is 0 Å². The Labute approximate surface area is 72.0 Å². The molecule has 0 spiro atoms. The fourth-order valence-electron chi connectivity index (χ4n) is 1.93. The molecule has 3 atom stereocenters. The monoisotopic (exact) mass is 167 g/mol. The number of nitrogens with zero attached hydrogens (tertiary/aromatic N) is 1. The minimum absolute atomic E-state index is 0.0314. The van der Waals surface area contributed by atoms with E-state index in [4.69, 9.17) is 10.4 Å². The molecule has 0 aromatic heterocycles. The van der Waals surface area contributed by atoms with E-state index in [1.165, 1.54) is 0 Å². The Morgan fingerprint density at radius 1 is 1.67 bits per heavy atom. The summed E-state index contributed by atoms with van der Waals surface area (Å²) in [7, 11) is 0. The summed E-state index contributed by atoms with van der Waals surface area (Å²) in [5.74, 6) is -1.09. The van der Waals surface area contributed by atoms with Crippen LogP contribution in [0.3, 0.4) is 0 Å². The third kappa shape index (κ3) is 1.58. The average molecular weight is 167 g/mol. The minimum Gasteiger partial charge on any atom is -0.481 e. The molecule has 0 amide bonds. The van der Waals surface area contributed by atoms with Crippen LogP contribution < -0.4 is 0 Å². The maximum Gasteiger partial charge on any atom is 0.306 e. The molecule has 0 saturated heterocycles. The summed E-state index contributed by atoms with van der Waals surface area (Å²) in [5, 5.41) is 17.5. The molecule has 0 heterocycles. The van der Waals surface area contributed by atoms with Crippen molar-refractivity contribution in [3.8, 4) is 6.07 Å². The molecular formula is C9H13NO2. The Morgan fingerprint density at radius 2 is 2.33 bits per heavy atom. The Morgan fingerprint density at radius 3 is 2.83 bits per heavy atom. The van der Waals surface area contributed by atoms with Gasteiger partial charge < -0.3 is 5.11 Å². The van der Waals surface area contributed by atoms with Crippen molar-refractivity contribution in [2.45, 2.75) is 26.2 Å². The maximum atomic E-state index is 10.6. The lowest BCUT2D eigenvalue weighted by atomic mass is 9.86. The summed E-state index contributed by atoms with van der Waals surface area (Å²) in [5.41, 5.74) is 0. The van der Waals surface area contributed by atoms with E-state index in [1.807, 2.05) is 0 Å². The summed E-state index contributed by atoms with van der Waals surface area (Å²) in [4.78, 5) is 10.6. The fraction of sp³-hybridized carbons (Fsp3) is 0.778. The zero-order chi connectivity index (χ0) is 9.14. The van der Waals surface area contributed by atoms with Gasteiger partial charge >= 0.3 is 5.97 Å². The van der Waals surface area contributed by atoms with Crippen molar-refractivity contribution in [1.82, 2.24) is 0 Å². The summed E-state index contributed by atoms with van der Waals surface area (Å²) >= 11 is 0. The molecule has 1 fully saturated rings. The van der Waals surface area contributed by atoms with E-state index in [9.17, 15) is 4.79 Å². The van der Waals surface area contributed by atoms with E-state index < -0.39 is 5.97 Å². The van der Waals surface area contributed by atoms with Crippen molar-refractivity contribution in [2.24, 2.45) is 17.8 Å². The van der Waals surface area contributed by atoms with Crippen LogP contribution in [0.1, 0.15) is 26.2 Å². The van der Waals surface area contributed by atoms with Gasteiger partial charge in [0.1, 0.15) is 0 Å². The number of nitriles is 1. The molecule has 0 aromatic carbocycles. The molecule has 1 saturated carbocycles. The molecule has 0 aromatic rings. The largest absolute Gasteiger partial charge is 0.481 e. The highest BCUT2D eigenvalue weighted by Crippen LogP contribution is 2.36. The van der Waals surface area contributed by atoms with Crippen molar-refractivity contribution in [1.29, 1.82) is 5.26 Å². The molecule has 1 aliphatic rings. The first-order chi connectivity index (χ1) is 5.66. The molecule has 3 unspecified atom stereocenters. The van der Waals surface area contributed by atoms with Gasteiger partial charge in [0.15, 0.2) is 0 Å². The smallest absolute Gasteiger partial charge is 0.306 e. The normalized spacial score (nSPS) is 31.0. The maximum absolute atomic E-state index is 10.6. The van der Waals surface area contributed by atoms with Gasteiger partial charge in [0.2, 0.25) is 0 Å². The molecule has 3 nitrogen and oxygen atoms in total. The van der Waals surface area contributed by atoms with Crippen LogP contribution in [0.15, 0.2) is 0 Å². The Kier molecular flexibility index (Phi) is 2.69. The van der Waals surface area contributed by atoms with Crippen molar-refractivity contribution >= 4 is 5.97 Å². The third-order valence-electron chi connectivity index (χ3n) is 2.77. The van der Waals surface area contributed by atoms with Crippen LogP contribution in [0.5, 0.6) is 0 Å². The van der Waals surface area contributed by atoms with Crippen LogP contribution in [0.2, 0.25) is 0 Å². The quantitative estimate of drug-likeness (QED) is 0.680. The lowest BCUT2D eigenvalue weighted by Gasteiger charge is -2.17. The lowest BCUT2D eigenvalue weighted by molar-refractivity contribution is -0.143. The van der Waals surface area contributed by atoms with E-state index in [1.54, 1.807) is 6.92 Å². The van der Waals surface area contributed by atoms with Crippen LogP contribution in [0.25, 0.3) is 0 Å². The van der Waals surface area contributed by atoms with Crippen LogP contribution in [-0.2, 0) is 4.79 Å². The molecular weight excluding hydrogens is 154 g/mol. The van der Waals surface area contributed by atoms with Crippen LogP contribution in [0, 0.1) is 29.1 Å². The summed E-state index contributed by atoms with van der Waals surface area (Å²) in [6.45, 7) is 1.70. The van der Waals surface area contributed by atoms with Gasteiger partial charge in [0.25, 0.3) is 0 Å². The Hall–Kier alpha value is -1.04. The predicted molar refractivity (Wildman–Crippen MR) is 43.2 cm³/mol. The average Bonchev–Trinajstić information content (AvgIpc) is 2.49. The highest BCUT2D eigenvalue weighted by atomic mass is 16.4. The number of hydrogen-bond acceptors (Lipinski definition) is 2. The van der Waals surface area contributed by atoms with E-state index in [0.717, 1.165) is 19.3 Å². The van der Waals surface area contributed by atoms with Crippen LogP contribution >= 0.6 is 0 Å². The van der Waals surface area contributed by atoms with E-state index in [2.05, 4.69) is 6.07 Å². The molecule has 66 valence electrons. The highest BCUT2D eigenvalue weighted by molar-refractivity contribution is 5.70. The van der Waals surface area contributed by atoms with Gasteiger partial charge in [-0.2, -0.15) is 5.26 Å². The molecule has 3 heteroatoms. The molecule has 0 bridgehead atoms. The van der Waals surface area contributed by atoms with Crippen LogP contribution in [0.4, 0.5) is 0 Å². The molecule has 0 radical (unpaired) electrons. The Bertz CT molecular complexity index is 219. The zero-order valence-electron chi connectivity index (χ0n) is 7.16. The predicted octanol–water partition coefficient (Wildman–Crippen LogP) is 1.65. The highest BCUT2D eigenvalue weighted by Gasteiger charge is 2.34. The standard InChI is InChI=1S/C9H13NO2/c1-6(9(11)12)8-4-2-3-7(8)5-10/h6-8H,2-4H2,1H3,(H,11,12). The lowest BCUT2D eigenvalue weighted by Crippen LogP contribution is -2.22. The van der Waals surface area contributed by atoms with Crippen molar-refractivity contribution in [2.75, 3.05) is 0 Å². The molecule has 1 N–H and O–H groups in total. The van der Waals surface area contributed by atoms with Gasteiger partial charge in [-0.15, -0.1) is 0 Å². The van der Waals surface area contributed by atoms with Gasteiger partial charge in [-0.1, -0.05) is 13.3 Å². The molecule has 0 aliphatic heterocycles. The number of carboxylic acids is 1. The van der Waals surface area contributed by atoms with Gasteiger partial charge in [0.05, 0.1) is 12.0 Å². The van der Waals surface area contributed by atoms with Crippen molar-refractivity contribution in [3.63, 3.8) is 0 Å². The SMILES string of the molecule is CC(C(=O)O)C1CCCC1C#N.